The van der Waals surface area contributed by atoms with E-state index in [0.29, 0.717) is 18.1 Å². The number of nitrogens with zero attached hydrogens (tertiary/aromatic N) is 1. The van der Waals surface area contributed by atoms with Crippen LogP contribution in [0.2, 0.25) is 5.02 Å². The quantitative estimate of drug-likeness (QED) is 0.717. The van der Waals surface area contributed by atoms with Crippen molar-refractivity contribution in [1.82, 2.24) is 4.90 Å². The highest BCUT2D eigenvalue weighted by molar-refractivity contribution is 7.90. The van der Waals surface area contributed by atoms with Crippen LogP contribution in [0.25, 0.3) is 11.1 Å². The van der Waals surface area contributed by atoms with Gasteiger partial charge in [0, 0.05) is 35.8 Å². The highest BCUT2D eigenvalue weighted by Gasteiger charge is 2.34. The van der Waals surface area contributed by atoms with E-state index in [0.717, 1.165) is 22.9 Å². The molecule has 2 aromatic carbocycles. The average Bonchev–Trinajstić information content (AvgIpc) is 2.51. The third-order valence-corrected chi connectivity index (χ3v) is 6.02. The number of carbonyl (C=O) groups is 1. The predicted octanol–water partition coefficient (Wildman–Crippen LogP) is 4.74. The summed E-state index contributed by atoms with van der Waals surface area (Å²) in [6, 6.07) is 12.7. The molecule has 150 valence electrons. The fourth-order valence-electron chi connectivity index (χ4n) is 3.06. The zero-order chi connectivity index (χ0) is 20.7. The summed E-state index contributed by atoms with van der Waals surface area (Å²) in [5.41, 5.74) is 2.35. The van der Waals surface area contributed by atoms with Crippen LogP contribution in [0.15, 0.2) is 47.4 Å². The molecule has 0 aromatic heterocycles. The summed E-state index contributed by atoms with van der Waals surface area (Å²) >= 11 is 6.29. The Kier molecular flexibility index (Phi) is 5.47. The molecule has 0 unspecified atom stereocenters. The van der Waals surface area contributed by atoms with Gasteiger partial charge in [0.25, 0.3) is 0 Å². The summed E-state index contributed by atoms with van der Waals surface area (Å²) in [5.74, 6) is 0.282. The third-order valence-electron chi connectivity index (χ3n) is 4.60. The normalized spacial score (nSPS) is 15.2. The number of ether oxygens (including phenoxy) is 1. The van der Waals surface area contributed by atoms with Gasteiger partial charge >= 0.3 is 6.09 Å². The molecule has 3 rings (SSSR count). The van der Waals surface area contributed by atoms with Gasteiger partial charge in [0.2, 0.25) is 0 Å². The lowest BCUT2D eigenvalue weighted by Gasteiger charge is -2.40. The van der Waals surface area contributed by atoms with E-state index in [1.807, 2.05) is 45.0 Å². The average molecular weight is 422 g/mol. The van der Waals surface area contributed by atoms with Gasteiger partial charge < -0.3 is 9.64 Å². The Hall–Kier alpha value is -2.05. The third kappa shape index (κ3) is 4.67. The van der Waals surface area contributed by atoms with Crippen LogP contribution in [-0.4, -0.2) is 44.4 Å². The molecule has 0 spiro atoms. The molecule has 0 radical (unpaired) electrons. The molecule has 7 heteroatoms. The molecule has 1 amide bonds. The Labute approximate surface area is 171 Å². The summed E-state index contributed by atoms with van der Waals surface area (Å²) in [4.78, 5) is 13.9. The minimum Gasteiger partial charge on any atom is -0.444 e. The summed E-state index contributed by atoms with van der Waals surface area (Å²) < 4.78 is 28.7. The lowest BCUT2D eigenvalue weighted by Crippen LogP contribution is -2.50. The topological polar surface area (TPSA) is 63.7 Å². The van der Waals surface area contributed by atoms with Crippen LogP contribution in [0.1, 0.15) is 32.3 Å². The number of hydrogen-bond donors (Lipinski definition) is 0. The number of likely N-dealkylation sites (tertiary alicyclic amines) is 1. The molecule has 1 saturated heterocycles. The molecular weight excluding hydrogens is 398 g/mol. The van der Waals surface area contributed by atoms with Gasteiger partial charge in [0.1, 0.15) is 5.60 Å². The van der Waals surface area contributed by atoms with Gasteiger partial charge in [-0.1, -0.05) is 41.9 Å². The minimum absolute atomic E-state index is 0.203. The largest absolute Gasteiger partial charge is 0.444 e. The fraction of sp³-hybridized carbons (Fsp3) is 0.381. The van der Waals surface area contributed by atoms with E-state index in [-0.39, 0.29) is 16.9 Å². The van der Waals surface area contributed by atoms with Crippen molar-refractivity contribution >= 4 is 27.5 Å². The van der Waals surface area contributed by atoms with Gasteiger partial charge in [-0.3, -0.25) is 0 Å². The Bertz CT molecular complexity index is 988. The number of sulfone groups is 1. The first-order valence-corrected chi connectivity index (χ1v) is 11.3. The molecule has 1 aliphatic rings. The fourth-order valence-corrected chi connectivity index (χ4v) is 4.06. The van der Waals surface area contributed by atoms with E-state index < -0.39 is 15.4 Å². The van der Waals surface area contributed by atoms with Crippen molar-refractivity contribution in [3.63, 3.8) is 0 Å². The van der Waals surface area contributed by atoms with E-state index in [2.05, 4.69) is 0 Å². The van der Waals surface area contributed by atoms with Gasteiger partial charge in [0.15, 0.2) is 9.84 Å². The summed E-state index contributed by atoms with van der Waals surface area (Å²) in [7, 11) is -3.29. The first-order valence-electron chi connectivity index (χ1n) is 9.02. The Balaban J connectivity index is 1.68. The number of rotatable bonds is 3. The van der Waals surface area contributed by atoms with Crippen LogP contribution in [0, 0.1) is 0 Å². The molecule has 1 fully saturated rings. The molecule has 0 atom stereocenters. The summed E-state index contributed by atoms with van der Waals surface area (Å²) in [5, 5.41) is 0.399. The molecule has 0 aliphatic carbocycles. The van der Waals surface area contributed by atoms with Crippen LogP contribution < -0.4 is 0 Å². The number of halogens is 1. The van der Waals surface area contributed by atoms with Crippen molar-refractivity contribution in [2.75, 3.05) is 19.3 Å². The summed E-state index contributed by atoms with van der Waals surface area (Å²) in [6.45, 7) is 6.84. The first kappa shape index (κ1) is 20.7. The smallest absolute Gasteiger partial charge is 0.410 e. The monoisotopic (exact) mass is 421 g/mol. The standard InChI is InChI=1S/C21H24ClNO4S/c1-21(2,3)27-20(24)23-12-16(13-23)14-5-7-15(8-6-14)18-10-9-17(11-19(18)22)28(4,25)26/h5-11,16H,12-13H2,1-4H3. The first-order chi connectivity index (χ1) is 12.9. The van der Waals surface area contributed by atoms with Crippen molar-refractivity contribution in [1.29, 1.82) is 0 Å². The van der Waals surface area contributed by atoms with Crippen molar-refractivity contribution in [2.24, 2.45) is 0 Å². The molecule has 2 aromatic rings. The molecule has 28 heavy (non-hydrogen) atoms. The van der Waals surface area contributed by atoms with Crippen LogP contribution in [-0.2, 0) is 14.6 Å². The lowest BCUT2D eigenvalue weighted by molar-refractivity contribution is 0.00819. The molecular formula is C21H24ClNO4S. The zero-order valence-corrected chi connectivity index (χ0v) is 18.0. The maximum absolute atomic E-state index is 12.0. The number of benzene rings is 2. The minimum atomic E-state index is -3.29. The van der Waals surface area contributed by atoms with Crippen LogP contribution in [0.4, 0.5) is 4.79 Å². The lowest BCUT2D eigenvalue weighted by atomic mass is 9.90. The van der Waals surface area contributed by atoms with Gasteiger partial charge in [0.05, 0.1) is 4.90 Å². The van der Waals surface area contributed by atoms with Crippen molar-refractivity contribution in [2.45, 2.75) is 37.2 Å². The predicted molar refractivity (Wildman–Crippen MR) is 111 cm³/mol. The second-order valence-corrected chi connectivity index (χ2v) is 10.5. The number of carbonyl (C=O) groups excluding carboxylic acids is 1. The molecule has 0 bridgehead atoms. The van der Waals surface area contributed by atoms with E-state index in [1.54, 1.807) is 17.0 Å². The van der Waals surface area contributed by atoms with Gasteiger partial charge in [-0.2, -0.15) is 0 Å². The van der Waals surface area contributed by atoms with Crippen LogP contribution in [0.5, 0.6) is 0 Å². The highest BCUT2D eigenvalue weighted by atomic mass is 35.5. The van der Waals surface area contributed by atoms with E-state index >= 15 is 0 Å². The van der Waals surface area contributed by atoms with Crippen LogP contribution >= 0.6 is 11.6 Å². The van der Waals surface area contributed by atoms with Gasteiger partial charge in [-0.15, -0.1) is 0 Å². The maximum atomic E-state index is 12.0. The molecule has 5 nitrogen and oxygen atoms in total. The van der Waals surface area contributed by atoms with Gasteiger partial charge in [-0.25, -0.2) is 13.2 Å². The Morgan fingerprint density at radius 1 is 1.11 bits per heavy atom. The van der Waals surface area contributed by atoms with Crippen molar-refractivity contribution in [3.8, 4) is 11.1 Å². The number of amides is 1. The summed E-state index contributed by atoms with van der Waals surface area (Å²) in [6.07, 6.45) is 0.880. The molecule has 1 heterocycles. The highest BCUT2D eigenvalue weighted by Crippen LogP contribution is 2.33. The number of hydrogen-bond acceptors (Lipinski definition) is 4. The molecule has 0 saturated carbocycles. The Morgan fingerprint density at radius 2 is 1.71 bits per heavy atom. The van der Waals surface area contributed by atoms with Crippen molar-refractivity contribution < 1.29 is 17.9 Å². The van der Waals surface area contributed by atoms with E-state index in [1.165, 1.54) is 6.07 Å². The zero-order valence-electron chi connectivity index (χ0n) is 16.4. The SMILES string of the molecule is CC(C)(C)OC(=O)N1CC(c2ccc(-c3ccc(S(C)(=O)=O)cc3Cl)cc2)C1. The maximum Gasteiger partial charge on any atom is 0.410 e. The van der Waals surface area contributed by atoms with E-state index in [4.69, 9.17) is 16.3 Å². The van der Waals surface area contributed by atoms with Gasteiger partial charge in [-0.05, 0) is 44.0 Å². The molecule has 1 aliphatic heterocycles. The molecule has 0 N–H and O–H groups in total. The van der Waals surface area contributed by atoms with Crippen molar-refractivity contribution in [3.05, 3.63) is 53.1 Å². The van der Waals surface area contributed by atoms with E-state index in [9.17, 15) is 13.2 Å². The van der Waals surface area contributed by atoms with Crippen LogP contribution in [0.3, 0.4) is 0 Å². The second-order valence-electron chi connectivity index (χ2n) is 8.12. The second kappa shape index (κ2) is 7.41. The Morgan fingerprint density at radius 3 is 2.21 bits per heavy atom.